The van der Waals surface area contributed by atoms with Crippen LogP contribution in [0, 0.1) is 6.92 Å². The SMILES string of the molecule is Cc1nc(CNC2CCCN(Cc3ccccc3)C2)no1. The maximum absolute atomic E-state index is 4.99. The largest absolute Gasteiger partial charge is 0.340 e. The summed E-state index contributed by atoms with van der Waals surface area (Å²) in [6.45, 7) is 5.78. The Labute approximate surface area is 125 Å². The van der Waals surface area contributed by atoms with E-state index in [0.29, 0.717) is 18.5 Å². The van der Waals surface area contributed by atoms with Crippen LogP contribution in [0.2, 0.25) is 0 Å². The fourth-order valence-corrected chi connectivity index (χ4v) is 2.86. The number of piperidine rings is 1. The third kappa shape index (κ3) is 4.12. The van der Waals surface area contributed by atoms with Crippen LogP contribution >= 0.6 is 0 Å². The zero-order valence-electron chi connectivity index (χ0n) is 12.5. The van der Waals surface area contributed by atoms with Gasteiger partial charge in [-0.1, -0.05) is 35.5 Å². The van der Waals surface area contributed by atoms with Gasteiger partial charge >= 0.3 is 0 Å². The number of hydrogen-bond acceptors (Lipinski definition) is 5. The highest BCUT2D eigenvalue weighted by molar-refractivity contribution is 5.14. The van der Waals surface area contributed by atoms with E-state index in [9.17, 15) is 0 Å². The van der Waals surface area contributed by atoms with Gasteiger partial charge in [0.05, 0.1) is 6.54 Å². The minimum atomic E-state index is 0.501. The van der Waals surface area contributed by atoms with Gasteiger partial charge in [-0.2, -0.15) is 4.98 Å². The van der Waals surface area contributed by atoms with Gasteiger partial charge in [0.1, 0.15) is 0 Å². The molecule has 0 saturated carbocycles. The molecule has 0 amide bonds. The topological polar surface area (TPSA) is 54.2 Å². The Hall–Kier alpha value is -1.72. The Morgan fingerprint density at radius 1 is 1.33 bits per heavy atom. The van der Waals surface area contributed by atoms with E-state index in [0.717, 1.165) is 18.9 Å². The third-order valence-corrected chi connectivity index (χ3v) is 3.87. The molecule has 1 saturated heterocycles. The van der Waals surface area contributed by atoms with Crippen molar-refractivity contribution >= 4 is 0 Å². The second-order valence-electron chi connectivity index (χ2n) is 5.67. The number of rotatable bonds is 5. The smallest absolute Gasteiger partial charge is 0.223 e. The molecule has 1 N–H and O–H groups in total. The second kappa shape index (κ2) is 6.83. The van der Waals surface area contributed by atoms with Crippen molar-refractivity contribution in [3.05, 3.63) is 47.6 Å². The van der Waals surface area contributed by atoms with E-state index in [1.54, 1.807) is 0 Å². The third-order valence-electron chi connectivity index (χ3n) is 3.87. The molecule has 2 aromatic rings. The molecule has 1 aliphatic rings. The molecule has 2 heterocycles. The second-order valence-corrected chi connectivity index (χ2v) is 5.67. The molecular formula is C16H22N4O. The van der Waals surface area contributed by atoms with Crippen LogP contribution in [-0.2, 0) is 13.1 Å². The summed E-state index contributed by atoms with van der Waals surface area (Å²) in [6.07, 6.45) is 2.44. The quantitative estimate of drug-likeness (QED) is 0.912. The Bertz CT molecular complexity index is 554. The van der Waals surface area contributed by atoms with Crippen LogP contribution in [-0.4, -0.2) is 34.2 Å². The molecule has 0 spiro atoms. The molecule has 21 heavy (non-hydrogen) atoms. The standard InChI is InChI=1S/C16H22N4O/c1-13-18-16(19-21-13)10-17-15-8-5-9-20(12-15)11-14-6-3-2-4-7-14/h2-4,6-7,15,17H,5,8-12H2,1H3. The lowest BCUT2D eigenvalue weighted by molar-refractivity contribution is 0.182. The molecule has 1 aliphatic heterocycles. The van der Waals surface area contributed by atoms with Gasteiger partial charge in [0.25, 0.3) is 0 Å². The van der Waals surface area contributed by atoms with E-state index in [2.05, 4.69) is 50.7 Å². The molecule has 1 unspecified atom stereocenters. The Kier molecular flexibility index (Phi) is 4.62. The minimum absolute atomic E-state index is 0.501. The van der Waals surface area contributed by atoms with Gasteiger partial charge in [0.2, 0.25) is 5.89 Å². The van der Waals surface area contributed by atoms with Crippen LogP contribution in [0.1, 0.15) is 30.1 Å². The minimum Gasteiger partial charge on any atom is -0.340 e. The van der Waals surface area contributed by atoms with Crippen molar-refractivity contribution in [3.8, 4) is 0 Å². The molecule has 0 aliphatic carbocycles. The van der Waals surface area contributed by atoms with E-state index in [-0.39, 0.29) is 0 Å². The van der Waals surface area contributed by atoms with Crippen molar-refractivity contribution in [2.24, 2.45) is 0 Å². The molecule has 5 heteroatoms. The molecule has 3 rings (SSSR count). The highest BCUT2D eigenvalue weighted by atomic mass is 16.5. The van der Waals surface area contributed by atoms with Crippen LogP contribution in [0.15, 0.2) is 34.9 Å². The molecule has 1 atom stereocenters. The molecule has 0 bridgehead atoms. The first-order valence-corrected chi connectivity index (χ1v) is 7.58. The van der Waals surface area contributed by atoms with Crippen molar-refractivity contribution < 1.29 is 4.52 Å². The average molecular weight is 286 g/mol. The number of aromatic nitrogens is 2. The van der Waals surface area contributed by atoms with Crippen molar-refractivity contribution in [1.29, 1.82) is 0 Å². The van der Waals surface area contributed by atoms with Gasteiger partial charge in [-0.15, -0.1) is 0 Å². The summed E-state index contributed by atoms with van der Waals surface area (Å²) in [4.78, 5) is 6.74. The van der Waals surface area contributed by atoms with Gasteiger partial charge in [-0.05, 0) is 24.9 Å². The Morgan fingerprint density at radius 3 is 2.95 bits per heavy atom. The molecule has 1 aromatic heterocycles. The van der Waals surface area contributed by atoms with Crippen LogP contribution in [0.3, 0.4) is 0 Å². The van der Waals surface area contributed by atoms with Crippen molar-refractivity contribution in [1.82, 2.24) is 20.4 Å². The summed E-state index contributed by atoms with van der Waals surface area (Å²) in [5.74, 6) is 1.37. The highest BCUT2D eigenvalue weighted by Crippen LogP contribution is 2.14. The van der Waals surface area contributed by atoms with Gasteiger partial charge in [0.15, 0.2) is 5.82 Å². The molecule has 1 fully saturated rings. The molecule has 5 nitrogen and oxygen atoms in total. The monoisotopic (exact) mass is 286 g/mol. The van der Waals surface area contributed by atoms with Crippen LogP contribution in [0.4, 0.5) is 0 Å². The van der Waals surface area contributed by atoms with Crippen molar-refractivity contribution in [2.75, 3.05) is 13.1 Å². The number of nitrogens with one attached hydrogen (secondary N) is 1. The number of aryl methyl sites for hydroxylation is 1. The Morgan fingerprint density at radius 2 is 2.19 bits per heavy atom. The molecule has 0 radical (unpaired) electrons. The number of hydrogen-bond donors (Lipinski definition) is 1. The lowest BCUT2D eigenvalue weighted by atomic mass is 10.0. The fraction of sp³-hybridized carbons (Fsp3) is 0.500. The van der Waals surface area contributed by atoms with Crippen molar-refractivity contribution in [2.45, 2.75) is 38.9 Å². The number of benzene rings is 1. The van der Waals surface area contributed by atoms with Crippen LogP contribution < -0.4 is 5.32 Å². The van der Waals surface area contributed by atoms with E-state index in [1.807, 2.05) is 6.92 Å². The van der Waals surface area contributed by atoms with Gasteiger partial charge in [0, 0.05) is 26.1 Å². The van der Waals surface area contributed by atoms with E-state index in [1.165, 1.54) is 24.9 Å². The molecule has 112 valence electrons. The first kappa shape index (κ1) is 14.2. The normalized spacial score (nSPS) is 19.8. The zero-order chi connectivity index (χ0) is 14.5. The summed E-state index contributed by atoms with van der Waals surface area (Å²) in [5, 5.41) is 7.47. The van der Waals surface area contributed by atoms with Crippen LogP contribution in [0.5, 0.6) is 0 Å². The van der Waals surface area contributed by atoms with Crippen molar-refractivity contribution in [3.63, 3.8) is 0 Å². The highest BCUT2D eigenvalue weighted by Gasteiger charge is 2.19. The summed E-state index contributed by atoms with van der Waals surface area (Å²) >= 11 is 0. The predicted molar refractivity (Wildman–Crippen MR) is 80.6 cm³/mol. The summed E-state index contributed by atoms with van der Waals surface area (Å²) < 4.78 is 4.99. The maximum atomic E-state index is 4.99. The fourth-order valence-electron chi connectivity index (χ4n) is 2.86. The summed E-state index contributed by atoms with van der Waals surface area (Å²) in [7, 11) is 0. The Balaban J connectivity index is 1.49. The first-order chi connectivity index (χ1) is 10.3. The van der Waals surface area contributed by atoms with Gasteiger partial charge in [-0.3, -0.25) is 4.90 Å². The van der Waals surface area contributed by atoms with Crippen LogP contribution in [0.25, 0.3) is 0 Å². The predicted octanol–water partition coefficient (Wildman–Crippen LogP) is 2.13. The summed E-state index contributed by atoms with van der Waals surface area (Å²) in [5.41, 5.74) is 1.38. The molecule has 1 aromatic carbocycles. The maximum Gasteiger partial charge on any atom is 0.223 e. The van der Waals surface area contributed by atoms with E-state index >= 15 is 0 Å². The average Bonchev–Trinajstić information content (AvgIpc) is 2.92. The van der Waals surface area contributed by atoms with Gasteiger partial charge in [-0.25, -0.2) is 0 Å². The molecular weight excluding hydrogens is 264 g/mol. The summed E-state index contributed by atoms with van der Waals surface area (Å²) in [6, 6.07) is 11.2. The van der Waals surface area contributed by atoms with E-state index in [4.69, 9.17) is 4.52 Å². The lowest BCUT2D eigenvalue weighted by Crippen LogP contribution is -2.45. The zero-order valence-corrected chi connectivity index (χ0v) is 12.5. The van der Waals surface area contributed by atoms with Gasteiger partial charge < -0.3 is 9.84 Å². The first-order valence-electron chi connectivity index (χ1n) is 7.58. The number of likely N-dealkylation sites (tertiary alicyclic amines) is 1. The lowest BCUT2D eigenvalue weighted by Gasteiger charge is -2.33. The number of nitrogens with zero attached hydrogens (tertiary/aromatic N) is 3. The van der Waals surface area contributed by atoms with E-state index < -0.39 is 0 Å².